The second-order valence-corrected chi connectivity index (χ2v) is 11.2. The number of rotatable bonds is 7. The zero-order valence-electron chi connectivity index (χ0n) is 12.6. The van der Waals surface area contributed by atoms with Crippen LogP contribution in [-0.4, -0.2) is 40.2 Å². The lowest BCUT2D eigenvalue weighted by atomic mass is 10.2. The fourth-order valence-corrected chi connectivity index (χ4v) is 3.19. The second-order valence-electron chi connectivity index (χ2n) is 6.14. The van der Waals surface area contributed by atoms with Crippen LogP contribution in [0.15, 0.2) is 24.3 Å². The lowest BCUT2D eigenvalue weighted by Gasteiger charge is -2.19. The van der Waals surface area contributed by atoms with E-state index in [9.17, 15) is 0 Å². The van der Waals surface area contributed by atoms with Gasteiger partial charge < -0.3 is 10.2 Å². The molecule has 0 unspecified atom stereocenters. The van der Waals surface area contributed by atoms with Crippen LogP contribution in [-0.2, 0) is 6.54 Å². The van der Waals surface area contributed by atoms with Gasteiger partial charge in [0.1, 0.15) is 0 Å². The summed E-state index contributed by atoms with van der Waals surface area (Å²) in [7, 11) is 3.06. The molecular weight excluding hydrogens is 236 g/mol. The van der Waals surface area contributed by atoms with E-state index in [1.54, 1.807) is 5.19 Å². The molecule has 0 heterocycles. The summed E-state index contributed by atoms with van der Waals surface area (Å²) >= 11 is 0. The first kappa shape index (κ1) is 15.4. The summed E-state index contributed by atoms with van der Waals surface area (Å²) in [6.07, 6.45) is 1.21. The fraction of sp³-hybridized carbons (Fsp3) is 0.600. The van der Waals surface area contributed by atoms with Crippen LogP contribution < -0.4 is 10.5 Å². The topological polar surface area (TPSA) is 15.3 Å². The highest BCUT2D eigenvalue weighted by Crippen LogP contribution is 2.06. The van der Waals surface area contributed by atoms with Crippen molar-refractivity contribution >= 4 is 13.3 Å². The van der Waals surface area contributed by atoms with Gasteiger partial charge in [-0.05, 0) is 39.2 Å². The molecule has 3 heteroatoms. The Kier molecular flexibility index (Phi) is 6.06. The first-order valence-electron chi connectivity index (χ1n) is 6.86. The summed E-state index contributed by atoms with van der Waals surface area (Å²) in [6, 6.07) is 9.23. The molecule has 0 saturated heterocycles. The van der Waals surface area contributed by atoms with E-state index in [-0.39, 0.29) is 0 Å². The Balaban J connectivity index is 2.48. The van der Waals surface area contributed by atoms with E-state index in [0.29, 0.717) is 0 Å². The minimum Gasteiger partial charge on any atom is -0.320 e. The number of nitrogens with zero attached hydrogens (tertiary/aromatic N) is 1. The monoisotopic (exact) mass is 264 g/mol. The van der Waals surface area contributed by atoms with Gasteiger partial charge in [-0.2, -0.15) is 0 Å². The van der Waals surface area contributed by atoms with Gasteiger partial charge in [0.05, 0.1) is 8.07 Å². The summed E-state index contributed by atoms with van der Waals surface area (Å²) in [5, 5.41) is 4.73. The molecule has 1 aromatic carbocycles. The van der Waals surface area contributed by atoms with Crippen molar-refractivity contribution < 1.29 is 0 Å². The average molecular weight is 264 g/mol. The molecule has 0 atom stereocenters. The molecule has 0 fully saturated rings. The summed E-state index contributed by atoms with van der Waals surface area (Å²) in [6.45, 7) is 10.5. The van der Waals surface area contributed by atoms with Crippen molar-refractivity contribution in [2.75, 3.05) is 27.2 Å². The smallest absolute Gasteiger partial charge is 0.0775 e. The maximum atomic E-state index is 3.19. The summed E-state index contributed by atoms with van der Waals surface area (Å²) in [5.41, 5.74) is 1.42. The first-order valence-corrected chi connectivity index (χ1v) is 10.4. The molecule has 0 bridgehead atoms. The molecule has 2 nitrogen and oxygen atoms in total. The van der Waals surface area contributed by atoms with E-state index in [1.165, 1.54) is 12.0 Å². The Hall–Kier alpha value is -0.643. The molecule has 0 aromatic heterocycles. The third kappa shape index (κ3) is 5.34. The van der Waals surface area contributed by atoms with Crippen LogP contribution in [0.1, 0.15) is 12.0 Å². The Morgan fingerprint density at radius 1 is 1.11 bits per heavy atom. The SMILES string of the molecule is CNCCCN(C)Cc1ccc([Si](C)(C)C)cc1. The van der Waals surface area contributed by atoms with E-state index in [2.05, 4.69) is 61.2 Å². The molecule has 0 saturated carbocycles. The molecule has 0 spiro atoms. The maximum absolute atomic E-state index is 3.19. The molecule has 18 heavy (non-hydrogen) atoms. The molecule has 0 aliphatic heterocycles. The van der Waals surface area contributed by atoms with Crippen molar-refractivity contribution in [3.05, 3.63) is 29.8 Å². The molecule has 0 amide bonds. The Labute approximate surface area is 113 Å². The number of nitrogens with one attached hydrogen (secondary N) is 1. The van der Waals surface area contributed by atoms with E-state index < -0.39 is 8.07 Å². The highest BCUT2D eigenvalue weighted by molar-refractivity contribution is 6.88. The molecular formula is C15H28N2Si. The molecule has 0 aliphatic carbocycles. The molecule has 0 aliphatic rings. The van der Waals surface area contributed by atoms with Gasteiger partial charge in [0.15, 0.2) is 0 Å². The summed E-state index contributed by atoms with van der Waals surface area (Å²) < 4.78 is 0. The lowest BCUT2D eigenvalue weighted by Crippen LogP contribution is -2.37. The van der Waals surface area contributed by atoms with E-state index >= 15 is 0 Å². The van der Waals surface area contributed by atoms with E-state index in [0.717, 1.165) is 19.6 Å². The van der Waals surface area contributed by atoms with Crippen LogP contribution in [0.3, 0.4) is 0 Å². The fourth-order valence-electron chi connectivity index (χ4n) is 2.03. The highest BCUT2D eigenvalue weighted by atomic mass is 28.3. The van der Waals surface area contributed by atoms with Crippen LogP contribution >= 0.6 is 0 Å². The summed E-state index contributed by atoms with van der Waals surface area (Å²) in [5.74, 6) is 0. The van der Waals surface area contributed by atoms with Crippen LogP contribution in [0, 0.1) is 0 Å². The predicted octanol–water partition coefficient (Wildman–Crippen LogP) is 2.27. The molecule has 0 radical (unpaired) electrons. The maximum Gasteiger partial charge on any atom is 0.0775 e. The standard InChI is InChI=1S/C15H28N2Si/c1-16-11-6-12-17(2)13-14-7-9-15(10-8-14)18(3,4)5/h7-10,16H,6,11-13H2,1-5H3. The Morgan fingerprint density at radius 2 is 1.72 bits per heavy atom. The minimum absolute atomic E-state index is 1.05. The first-order chi connectivity index (χ1) is 8.43. The van der Waals surface area contributed by atoms with Crippen LogP contribution in [0.4, 0.5) is 0 Å². The van der Waals surface area contributed by atoms with Gasteiger partial charge in [0.2, 0.25) is 0 Å². The highest BCUT2D eigenvalue weighted by Gasteiger charge is 2.15. The van der Waals surface area contributed by atoms with Crippen molar-refractivity contribution in [3.8, 4) is 0 Å². The molecule has 102 valence electrons. The van der Waals surface area contributed by atoms with Crippen LogP contribution in [0.5, 0.6) is 0 Å². The van der Waals surface area contributed by atoms with Crippen molar-refractivity contribution in [1.82, 2.24) is 10.2 Å². The van der Waals surface area contributed by atoms with Gasteiger partial charge in [-0.15, -0.1) is 0 Å². The second kappa shape index (κ2) is 7.07. The van der Waals surface area contributed by atoms with Crippen LogP contribution in [0.25, 0.3) is 0 Å². The van der Waals surface area contributed by atoms with Crippen molar-refractivity contribution in [2.45, 2.75) is 32.6 Å². The quantitative estimate of drug-likeness (QED) is 0.600. The number of benzene rings is 1. The zero-order valence-corrected chi connectivity index (χ0v) is 13.6. The molecule has 1 N–H and O–H groups in total. The number of hydrogen-bond acceptors (Lipinski definition) is 2. The van der Waals surface area contributed by atoms with Crippen molar-refractivity contribution in [3.63, 3.8) is 0 Å². The normalized spacial score (nSPS) is 12.1. The van der Waals surface area contributed by atoms with E-state index in [4.69, 9.17) is 0 Å². The average Bonchev–Trinajstić information content (AvgIpc) is 2.29. The Morgan fingerprint density at radius 3 is 2.22 bits per heavy atom. The van der Waals surface area contributed by atoms with Gasteiger partial charge >= 0.3 is 0 Å². The molecule has 1 aromatic rings. The van der Waals surface area contributed by atoms with Gasteiger partial charge in [0, 0.05) is 6.54 Å². The Bertz CT molecular complexity index is 341. The minimum atomic E-state index is -1.14. The van der Waals surface area contributed by atoms with Crippen molar-refractivity contribution in [2.24, 2.45) is 0 Å². The van der Waals surface area contributed by atoms with Crippen molar-refractivity contribution in [1.29, 1.82) is 0 Å². The lowest BCUT2D eigenvalue weighted by molar-refractivity contribution is 0.321. The van der Waals surface area contributed by atoms with E-state index in [1.807, 2.05) is 7.05 Å². The van der Waals surface area contributed by atoms with Gasteiger partial charge in [-0.3, -0.25) is 0 Å². The predicted molar refractivity (Wildman–Crippen MR) is 84.3 cm³/mol. The van der Waals surface area contributed by atoms with Crippen LogP contribution in [0.2, 0.25) is 19.6 Å². The zero-order chi connectivity index (χ0) is 13.6. The number of hydrogen-bond donors (Lipinski definition) is 1. The largest absolute Gasteiger partial charge is 0.320 e. The summed E-state index contributed by atoms with van der Waals surface area (Å²) in [4.78, 5) is 2.39. The van der Waals surface area contributed by atoms with Gasteiger partial charge in [0.25, 0.3) is 0 Å². The third-order valence-corrected chi connectivity index (χ3v) is 5.30. The van der Waals surface area contributed by atoms with Gasteiger partial charge in [-0.1, -0.05) is 49.1 Å². The molecule has 1 rings (SSSR count). The third-order valence-electron chi connectivity index (χ3n) is 3.24. The van der Waals surface area contributed by atoms with Gasteiger partial charge in [-0.25, -0.2) is 0 Å².